The number of nitrogens with zero attached hydrogens (tertiary/aromatic N) is 4. The average Bonchev–Trinajstić information content (AvgIpc) is 3.87. The van der Waals surface area contributed by atoms with Gasteiger partial charge in [-0.2, -0.15) is 0 Å². The first kappa shape index (κ1) is 28.2. The molecule has 6 heteroatoms. The van der Waals surface area contributed by atoms with Gasteiger partial charge in [0.25, 0.3) is 0 Å². The van der Waals surface area contributed by atoms with Crippen molar-refractivity contribution in [1.82, 2.24) is 19.5 Å². The van der Waals surface area contributed by atoms with Crippen molar-refractivity contribution >= 4 is 75.3 Å². The summed E-state index contributed by atoms with van der Waals surface area (Å²) < 4.78 is 11.4. The zero-order valence-electron chi connectivity index (χ0n) is 27.1. The fraction of sp³-hybridized carbons (Fsp3) is 0. The highest BCUT2D eigenvalue weighted by Gasteiger charge is 2.21. The van der Waals surface area contributed by atoms with Gasteiger partial charge in [0.05, 0.1) is 11.0 Å². The van der Waals surface area contributed by atoms with Gasteiger partial charge in [-0.15, -0.1) is 11.3 Å². The number of para-hydroxylation sites is 2. The lowest BCUT2D eigenvalue weighted by Crippen LogP contribution is -2.00. The Labute approximate surface area is 295 Å². The van der Waals surface area contributed by atoms with Gasteiger partial charge in [-0.25, -0.2) is 15.0 Å². The third kappa shape index (κ3) is 4.30. The largest absolute Gasteiger partial charge is 0.456 e. The van der Waals surface area contributed by atoms with Crippen molar-refractivity contribution in [3.05, 3.63) is 158 Å². The Kier molecular flexibility index (Phi) is 6.05. The highest BCUT2D eigenvalue weighted by atomic mass is 32.1. The minimum absolute atomic E-state index is 0.614. The Morgan fingerprint density at radius 2 is 1.06 bits per heavy atom. The van der Waals surface area contributed by atoms with E-state index < -0.39 is 0 Å². The molecule has 4 aromatic heterocycles. The van der Waals surface area contributed by atoms with E-state index in [1.165, 1.54) is 42.0 Å². The monoisotopic (exact) mass is 670 g/mol. The Morgan fingerprint density at radius 3 is 1.75 bits per heavy atom. The summed E-state index contributed by atoms with van der Waals surface area (Å²) in [5.41, 5.74) is 7.99. The van der Waals surface area contributed by atoms with Crippen molar-refractivity contribution in [3.63, 3.8) is 0 Å². The highest BCUT2D eigenvalue weighted by molar-refractivity contribution is 7.26. The summed E-state index contributed by atoms with van der Waals surface area (Å²) in [7, 11) is 0. The molecule has 0 saturated carbocycles. The van der Waals surface area contributed by atoms with Gasteiger partial charge in [-0.05, 0) is 48.5 Å². The molecular weight excluding hydrogens is 645 g/mol. The Bertz CT molecular complexity index is 3030. The normalized spacial score (nSPS) is 11.9. The first-order valence-corrected chi connectivity index (χ1v) is 17.8. The molecule has 0 unspecified atom stereocenters. The molecule has 0 aliphatic heterocycles. The predicted molar refractivity (Wildman–Crippen MR) is 211 cm³/mol. The first-order valence-electron chi connectivity index (χ1n) is 16.9. The van der Waals surface area contributed by atoms with Crippen molar-refractivity contribution in [2.45, 2.75) is 0 Å². The van der Waals surface area contributed by atoms with Crippen molar-refractivity contribution in [2.24, 2.45) is 0 Å². The zero-order valence-corrected chi connectivity index (χ0v) is 27.9. The molecule has 51 heavy (non-hydrogen) atoms. The van der Waals surface area contributed by atoms with Gasteiger partial charge in [0.15, 0.2) is 17.5 Å². The molecule has 0 radical (unpaired) electrons. The van der Waals surface area contributed by atoms with Crippen LogP contribution in [0, 0.1) is 0 Å². The minimum Gasteiger partial charge on any atom is -0.456 e. The van der Waals surface area contributed by atoms with Crippen LogP contribution in [0.2, 0.25) is 0 Å². The molecular formula is C45H26N4OS. The van der Waals surface area contributed by atoms with E-state index in [0.29, 0.717) is 17.5 Å². The van der Waals surface area contributed by atoms with Gasteiger partial charge in [0, 0.05) is 64.1 Å². The third-order valence-corrected chi connectivity index (χ3v) is 11.1. The Balaban J connectivity index is 1.16. The number of hydrogen-bond acceptors (Lipinski definition) is 5. The maximum atomic E-state index is 6.56. The minimum atomic E-state index is 0.614. The number of benzene rings is 7. The summed E-state index contributed by atoms with van der Waals surface area (Å²) in [6, 6.07) is 54.8. The van der Waals surface area contributed by atoms with Crippen LogP contribution < -0.4 is 0 Å². The van der Waals surface area contributed by atoms with Crippen LogP contribution in [0.25, 0.3) is 104 Å². The van der Waals surface area contributed by atoms with Gasteiger partial charge in [-0.1, -0.05) is 109 Å². The van der Waals surface area contributed by atoms with Gasteiger partial charge in [-0.3, -0.25) is 0 Å². The van der Waals surface area contributed by atoms with E-state index in [1.807, 2.05) is 72.8 Å². The van der Waals surface area contributed by atoms with E-state index in [2.05, 4.69) is 89.5 Å². The van der Waals surface area contributed by atoms with E-state index in [4.69, 9.17) is 19.4 Å². The average molecular weight is 671 g/mol. The molecule has 4 heterocycles. The SMILES string of the molecule is c1ccc(-c2nc(-c3ccccc3)nc(-c3cccc4oc5ccc6c7cc(-n8c9ccccc9c9ccccc98)ccc7sc6c5c34)n2)cc1. The van der Waals surface area contributed by atoms with E-state index in [0.717, 1.165) is 44.3 Å². The van der Waals surface area contributed by atoms with Crippen LogP contribution in [0.15, 0.2) is 162 Å². The summed E-state index contributed by atoms with van der Waals surface area (Å²) >= 11 is 1.81. The summed E-state index contributed by atoms with van der Waals surface area (Å²) in [5, 5.41) is 7.03. The molecule has 0 bridgehead atoms. The summed E-state index contributed by atoms with van der Waals surface area (Å²) in [4.78, 5) is 15.1. The Hall–Kier alpha value is -6.63. The van der Waals surface area contributed by atoms with Crippen LogP contribution in [0.5, 0.6) is 0 Å². The first-order chi connectivity index (χ1) is 25.3. The molecule has 0 amide bonds. The van der Waals surface area contributed by atoms with E-state index in [9.17, 15) is 0 Å². The lowest BCUT2D eigenvalue weighted by molar-refractivity contribution is 0.669. The van der Waals surface area contributed by atoms with E-state index >= 15 is 0 Å². The van der Waals surface area contributed by atoms with Crippen molar-refractivity contribution < 1.29 is 4.42 Å². The molecule has 0 aliphatic carbocycles. The predicted octanol–water partition coefficient (Wildman–Crippen LogP) is 12.2. The second kappa shape index (κ2) is 10.9. The topological polar surface area (TPSA) is 56.7 Å². The summed E-state index contributed by atoms with van der Waals surface area (Å²) in [6.07, 6.45) is 0. The lowest BCUT2D eigenvalue weighted by atomic mass is 10.0. The zero-order chi connectivity index (χ0) is 33.5. The number of fused-ring (bicyclic) bond motifs is 10. The smallest absolute Gasteiger partial charge is 0.164 e. The molecule has 0 atom stereocenters. The number of furan rings is 1. The Morgan fingerprint density at radius 1 is 0.451 bits per heavy atom. The van der Waals surface area contributed by atoms with Crippen LogP contribution in [-0.2, 0) is 0 Å². The molecule has 0 aliphatic rings. The standard InChI is InChI=1S/C45H26N4OS/c1-3-12-27(13-4-1)43-46-44(28-14-5-2-6-15-28)48-45(47-43)33-18-11-21-37-40(33)41-38(50-37)24-23-32-34-26-29(22-25-39(34)51-42(32)41)49-35-19-9-7-16-30(35)31-17-8-10-20-36(31)49/h1-26H. The number of hydrogen-bond donors (Lipinski definition) is 0. The third-order valence-electron chi connectivity index (χ3n) is 9.86. The van der Waals surface area contributed by atoms with Crippen LogP contribution in [0.1, 0.15) is 0 Å². The maximum Gasteiger partial charge on any atom is 0.164 e. The molecule has 11 aromatic rings. The molecule has 11 rings (SSSR count). The van der Waals surface area contributed by atoms with Crippen molar-refractivity contribution in [1.29, 1.82) is 0 Å². The van der Waals surface area contributed by atoms with Gasteiger partial charge >= 0.3 is 0 Å². The van der Waals surface area contributed by atoms with Gasteiger partial charge < -0.3 is 8.98 Å². The van der Waals surface area contributed by atoms with Gasteiger partial charge in [0.1, 0.15) is 11.2 Å². The maximum absolute atomic E-state index is 6.56. The number of aromatic nitrogens is 4. The second-order valence-electron chi connectivity index (χ2n) is 12.8. The number of rotatable bonds is 4. The molecule has 5 nitrogen and oxygen atoms in total. The quantitative estimate of drug-likeness (QED) is 0.187. The summed E-state index contributed by atoms with van der Waals surface area (Å²) in [6.45, 7) is 0. The number of thiophene rings is 1. The molecule has 7 aromatic carbocycles. The van der Waals surface area contributed by atoms with Gasteiger partial charge in [0.2, 0.25) is 0 Å². The summed E-state index contributed by atoms with van der Waals surface area (Å²) in [5.74, 6) is 1.88. The lowest BCUT2D eigenvalue weighted by Gasteiger charge is -2.09. The van der Waals surface area contributed by atoms with E-state index in [-0.39, 0.29) is 0 Å². The van der Waals surface area contributed by atoms with Crippen molar-refractivity contribution in [3.8, 4) is 39.9 Å². The van der Waals surface area contributed by atoms with E-state index in [1.54, 1.807) is 11.3 Å². The molecule has 0 N–H and O–H groups in total. The molecule has 0 fully saturated rings. The highest BCUT2D eigenvalue weighted by Crippen LogP contribution is 2.45. The van der Waals surface area contributed by atoms with Crippen LogP contribution in [0.3, 0.4) is 0 Å². The molecule has 0 saturated heterocycles. The van der Waals surface area contributed by atoms with Crippen molar-refractivity contribution in [2.75, 3.05) is 0 Å². The van der Waals surface area contributed by atoms with Crippen LogP contribution in [-0.4, -0.2) is 19.5 Å². The molecule has 0 spiro atoms. The molecule has 238 valence electrons. The second-order valence-corrected chi connectivity index (χ2v) is 13.8. The fourth-order valence-electron chi connectivity index (χ4n) is 7.58. The van der Waals surface area contributed by atoms with Crippen LogP contribution >= 0.6 is 11.3 Å². The fourth-order valence-corrected chi connectivity index (χ4v) is 8.81. The van der Waals surface area contributed by atoms with Crippen LogP contribution in [0.4, 0.5) is 0 Å².